The van der Waals surface area contributed by atoms with Crippen molar-refractivity contribution in [2.75, 3.05) is 13.7 Å². The lowest BCUT2D eigenvalue weighted by Crippen LogP contribution is -2.50. The summed E-state index contributed by atoms with van der Waals surface area (Å²) in [5.74, 6) is -0.896. The third-order valence-electron chi connectivity index (χ3n) is 9.61. The number of rotatable bonds is 4. The van der Waals surface area contributed by atoms with E-state index in [1.165, 1.54) is 69.8 Å². The summed E-state index contributed by atoms with van der Waals surface area (Å²) >= 11 is 0. The normalized spacial score (nSPS) is 28.8. The smallest absolute Gasteiger partial charge is 0.328 e. The summed E-state index contributed by atoms with van der Waals surface area (Å²) < 4.78 is 6.81. The summed E-state index contributed by atoms with van der Waals surface area (Å²) in [4.78, 5) is 48.9. The molecule has 8 nitrogen and oxygen atoms in total. The topological polar surface area (TPSA) is 84.7 Å². The van der Waals surface area contributed by atoms with Gasteiger partial charge in [-0.15, -0.1) is 0 Å². The number of nitrogens with zero attached hydrogens (tertiary/aromatic N) is 4. The number of hydrogen-bond donors (Lipinski definition) is 0. The maximum atomic E-state index is 14.1. The minimum atomic E-state index is -0.656. The van der Waals surface area contributed by atoms with E-state index in [9.17, 15) is 14.4 Å². The average Bonchev–Trinajstić information content (AvgIpc) is 3.50. The van der Waals surface area contributed by atoms with Crippen molar-refractivity contribution in [3.63, 3.8) is 0 Å². The molecule has 8 heteroatoms. The number of para-hydroxylation sites is 2. The summed E-state index contributed by atoms with van der Waals surface area (Å²) in [5.41, 5.74) is 1.05. The Labute approximate surface area is 224 Å². The van der Waals surface area contributed by atoms with Crippen molar-refractivity contribution in [1.82, 2.24) is 19.4 Å². The van der Waals surface area contributed by atoms with Crippen molar-refractivity contribution in [3.8, 4) is 0 Å². The van der Waals surface area contributed by atoms with Crippen molar-refractivity contribution >= 4 is 22.9 Å². The fraction of sp³-hybridized carbons (Fsp3) is 0.667. The monoisotopic (exact) mass is 520 g/mol. The van der Waals surface area contributed by atoms with Crippen molar-refractivity contribution in [3.05, 3.63) is 40.3 Å². The van der Waals surface area contributed by atoms with Crippen LogP contribution in [0.4, 0.5) is 0 Å². The van der Waals surface area contributed by atoms with Gasteiger partial charge < -0.3 is 14.2 Å². The highest BCUT2D eigenvalue weighted by molar-refractivity contribution is 5.96. The van der Waals surface area contributed by atoms with E-state index in [1.54, 1.807) is 0 Å². The standard InChI is InChI=1S/C30H40N4O4/c1-38-30(37)26-14-9-17-32(26)28(35)27-29(36)34(25-13-8-7-12-24(25)31-27)23-18-21-15-16-22(19-23)33(21)20-10-5-3-2-4-6-11-20/h7-8,12-13,20-23,26H,2-6,9-11,14-19H2,1H3. The molecule has 0 spiro atoms. The van der Waals surface area contributed by atoms with Crippen LogP contribution in [0.5, 0.6) is 0 Å². The van der Waals surface area contributed by atoms with Crippen LogP contribution < -0.4 is 5.56 Å². The molecule has 1 aromatic heterocycles. The van der Waals surface area contributed by atoms with Crippen LogP contribution in [0.1, 0.15) is 100 Å². The number of methoxy groups -OCH3 is 1. The van der Waals surface area contributed by atoms with Crippen LogP contribution in [0.3, 0.4) is 0 Å². The van der Waals surface area contributed by atoms with Crippen molar-refractivity contribution < 1.29 is 14.3 Å². The predicted octanol–water partition coefficient (Wildman–Crippen LogP) is 4.45. The van der Waals surface area contributed by atoms with Gasteiger partial charge in [0.2, 0.25) is 0 Å². The molecule has 4 heterocycles. The third-order valence-corrected chi connectivity index (χ3v) is 9.61. The highest BCUT2D eigenvalue weighted by atomic mass is 16.5. The van der Waals surface area contributed by atoms with Crippen LogP contribution >= 0.6 is 0 Å². The van der Waals surface area contributed by atoms with E-state index >= 15 is 0 Å². The number of amides is 1. The number of benzene rings is 1. The molecule has 0 N–H and O–H groups in total. The van der Waals surface area contributed by atoms with Gasteiger partial charge in [0.05, 0.1) is 18.1 Å². The van der Waals surface area contributed by atoms with Gasteiger partial charge in [-0.3, -0.25) is 14.5 Å². The molecule has 3 atom stereocenters. The molecule has 38 heavy (non-hydrogen) atoms. The molecule has 204 valence electrons. The maximum absolute atomic E-state index is 14.1. The van der Waals surface area contributed by atoms with E-state index in [2.05, 4.69) is 9.88 Å². The van der Waals surface area contributed by atoms with Gasteiger partial charge in [0.15, 0.2) is 5.69 Å². The molecule has 4 fully saturated rings. The highest BCUT2D eigenvalue weighted by Crippen LogP contribution is 2.44. The van der Waals surface area contributed by atoms with Gasteiger partial charge in [-0.25, -0.2) is 9.78 Å². The first-order valence-corrected chi connectivity index (χ1v) is 14.7. The SMILES string of the molecule is COC(=O)C1CCCN1C(=O)c1nc2ccccc2n(C2CC3CCC(C2)N3C2CCCCCCC2)c1=O. The zero-order chi connectivity index (χ0) is 26.2. The minimum absolute atomic E-state index is 0.0410. The van der Waals surface area contributed by atoms with Gasteiger partial charge in [0.25, 0.3) is 11.5 Å². The number of likely N-dealkylation sites (tertiary alicyclic amines) is 1. The maximum Gasteiger partial charge on any atom is 0.328 e. The second kappa shape index (κ2) is 10.8. The summed E-state index contributed by atoms with van der Waals surface area (Å²) in [6, 6.07) is 8.70. The van der Waals surface area contributed by atoms with Crippen LogP contribution in [-0.4, -0.2) is 69.0 Å². The lowest BCUT2D eigenvalue weighted by Gasteiger charge is -2.45. The number of carbonyl (C=O) groups excluding carboxylic acids is 2. The lowest BCUT2D eigenvalue weighted by atomic mass is 9.89. The predicted molar refractivity (Wildman–Crippen MR) is 145 cm³/mol. The number of carbonyl (C=O) groups is 2. The molecule has 6 rings (SSSR count). The fourth-order valence-electron chi connectivity index (χ4n) is 7.91. The van der Waals surface area contributed by atoms with Crippen molar-refractivity contribution in [2.24, 2.45) is 0 Å². The molecular weight excluding hydrogens is 480 g/mol. The van der Waals surface area contributed by atoms with Crippen molar-refractivity contribution in [1.29, 1.82) is 0 Å². The van der Waals surface area contributed by atoms with Gasteiger partial charge in [-0.2, -0.15) is 0 Å². The van der Waals surface area contributed by atoms with Gasteiger partial charge >= 0.3 is 5.97 Å². The Morgan fingerprint density at radius 1 is 0.842 bits per heavy atom. The Kier molecular flexibility index (Phi) is 7.25. The van der Waals surface area contributed by atoms with E-state index < -0.39 is 17.9 Å². The molecule has 1 aromatic carbocycles. The molecule has 1 saturated carbocycles. The van der Waals surface area contributed by atoms with Crippen LogP contribution in [0.2, 0.25) is 0 Å². The number of piperidine rings is 1. The molecular formula is C30H40N4O4. The Balaban J connectivity index is 1.33. The van der Waals surface area contributed by atoms with Gasteiger partial charge in [0.1, 0.15) is 6.04 Å². The first-order valence-electron chi connectivity index (χ1n) is 14.7. The lowest BCUT2D eigenvalue weighted by molar-refractivity contribution is -0.145. The number of esters is 1. The Morgan fingerprint density at radius 2 is 1.53 bits per heavy atom. The molecule has 3 aliphatic heterocycles. The molecule has 3 unspecified atom stereocenters. The molecule has 1 aliphatic carbocycles. The van der Waals surface area contributed by atoms with Crippen LogP contribution in [-0.2, 0) is 9.53 Å². The zero-order valence-electron chi connectivity index (χ0n) is 22.5. The first-order chi connectivity index (χ1) is 18.6. The van der Waals surface area contributed by atoms with Gasteiger partial charge in [0, 0.05) is 30.7 Å². The molecule has 4 aliphatic rings. The average molecular weight is 521 g/mol. The summed E-state index contributed by atoms with van der Waals surface area (Å²) in [6.07, 6.45) is 14.8. The zero-order valence-corrected chi connectivity index (χ0v) is 22.5. The molecule has 1 amide bonds. The number of fused-ring (bicyclic) bond motifs is 3. The first kappa shape index (κ1) is 25.5. The summed E-state index contributed by atoms with van der Waals surface area (Å²) in [5, 5.41) is 0. The quantitative estimate of drug-likeness (QED) is 0.554. The van der Waals surface area contributed by atoms with E-state index in [4.69, 9.17) is 4.74 Å². The summed E-state index contributed by atoms with van der Waals surface area (Å²) in [6.45, 7) is 0.427. The Hall–Kier alpha value is -2.74. The third kappa shape index (κ3) is 4.55. The van der Waals surface area contributed by atoms with E-state index in [0.29, 0.717) is 43.0 Å². The van der Waals surface area contributed by atoms with Gasteiger partial charge in [-0.1, -0.05) is 44.2 Å². The Morgan fingerprint density at radius 3 is 2.24 bits per heavy atom. The molecule has 0 radical (unpaired) electrons. The van der Waals surface area contributed by atoms with Crippen LogP contribution in [0, 0.1) is 0 Å². The largest absolute Gasteiger partial charge is 0.467 e. The van der Waals surface area contributed by atoms with Crippen LogP contribution in [0.15, 0.2) is 29.1 Å². The minimum Gasteiger partial charge on any atom is -0.467 e. The summed E-state index contributed by atoms with van der Waals surface area (Å²) in [7, 11) is 1.34. The fourth-order valence-corrected chi connectivity index (χ4v) is 7.91. The van der Waals surface area contributed by atoms with E-state index in [1.807, 2.05) is 28.8 Å². The molecule has 2 aromatic rings. The van der Waals surface area contributed by atoms with Gasteiger partial charge in [-0.05, 0) is 63.5 Å². The van der Waals surface area contributed by atoms with Crippen molar-refractivity contribution in [2.45, 2.75) is 114 Å². The molecule has 3 saturated heterocycles. The second-order valence-electron chi connectivity index (χ2n) is 11.8. The van der Waals surface area contributed by atoms with E-state index in [-0.39, 0.29) is 17.3 Å². The number of aromatic nitrogens is 2. The number of hydrogen-bond acceptors (Lipinski definition) is 6. The number of ether oxygens (including phenoxy) is 1. The van der Waals surface area contributed by atoms with E-state index in [0.717, 1.165) is 18.4 Å². The molecule has 2 bridgehead atoms. The second-order valence-corrected chi connectivity index (χ2v) is 11.8. The Bertz CT molecular complexity index is 1240. The highest BCUT2D eigenvalue weighted by Gasteiger charge is 2.45. The van der Waals surface area contributed by atoms with Crippen LogP contribution in [0.25, 0.3) is 11.0 Å².